The smallest absolute Gasteiger partial charge is 0.416 e. The lowest BCUT2D eigenvalue weighted by Crippen LogP contribution is -2.25. The molecule has 1 saturated carbocycles. The third-order valence-corrected chi connectivity index (χ3v) is 4.69. The van der Waals surface area contributed by atoms with Gasteiger partial charge in [-0.25, -0.2) is 9.36 Å². The van der Waals surface area contributed by atoms with Crippen LogP contribution in [-0.2, 0) is 6.18 Å². The number of alkyl halides is 3. The fourth-order valence-electron chi connectivity index (χ4n) is 3.75. The molecule has 1 N–H and O–H groups in total. The molecule has 2 bridgehead atoms. The van der Waals surface area contributed by atoms with Crippen molar-refractivity contribution < 1.29 is 18.3 Å². The van der Waals surface area contributed by atoms with E-state index < -0.39 is 17.4 Å². The third-order valence-electron chi connectivity index (χ3n) is 4.69. The maximum absolute atomic E-state index is 12.8. The van der Waals surface area contributed by atoms with E-state index in [0.29, 0.717) is 5.69 Å². The van der Waals surface area contributed by atoms with Gasteiger partial charge in [0, 0.05) is 12.0 Å². The van der Waals surface area contributed by atoms with Crippen molar-refractivity contribution in [3.63, 3.8) is 0 Å². The summed E-state index contributed by atoms with van der Waals surface area (Å²) in [7, 11) is 0. The van der Waals surface area contributed by atoms with Gasteiger partial charge in [-0.2, -0.15) is 13.2 Å². The van der Waals surface area contributed by atoms with Gasteiger partial charge in [0.15, 0.2) is 0 Å². The average Bonchev–Trinajstić information content (AvgIpc) is 3.12. The van der Waals surface area contributed by atoms with Crippen molar-refractivity contribution in [3.8, 4) is 11.6 Å². The maximum atomic E-state index is 12.8. The Morgan fingerprint density at radius 2 is 2.00 bits per heavy atom. The van der Waals surface area contributed by atoms with Crippen LogP contribution >= 0.6 is 0 Å². The first kappa shape index (κ1) is 13.5. The Bertz CT molecular complexity index is 819. The van der Waals surface area contributed by atoms with Gasteiger partial charge in [0.25, 0.3) is 0 Å². The van der Waals surface area contributed by atoms with E-state index in [1.807, 2.05) is 0 Å². The highest BCUT2D eigenvalue weighted by Gasteiger charge is 2.42. The highest BCUT2D eigenvalue weighted by molar-refractivity contribution is 5.44. The Hall–Kier alpha value is -2.18. The normalized spacial score (nSPS) is 23.0. The van der Waals surface area contributed by atoms with Crippen molar-refractivity contribution in [3.05, 3.63) is 46.0 Å². The lowest BCUT2D eigenvalue weighted by atomic mass is 10.1. The molecule has 2 aliphatic rings. The highest BCUT2D eigenvalue weighted by atomic mass is 19.4. The number of hydrogen-bond acceptors (Lipinski definition) is 2. The summed E-state index contributed by atoms with van der Waals surface area (Å²) in [5.41, 5.74) is -0.693. The number of halogens is 3. The predicted octanol–water partition coefficient (Wildman–Crippen LogP) is 3.19. The Balaban J connectivity index is 1.91. The number of aromatic hydroxyl groups is 1. The molecule has 2 atom stereocenters. The molecule has 0 radical (unpaired) electrons. The summed E-state index contributed by atoms with van der Waals surface area (Å²) in [5, 5.41) is 10.4. The zero-order valence-corrected chi connectivity index (χ0v) is 11.5. The zero-order valence-electron chi connectivity index (χ0n) is 11.5. The van der Waals surface area contributed by atoms with Crippen LogP contribution in [0.25, 0.3) is 5.69 Å². The molecule has 2 aromatic rings. The number of imidazole rings is 1. The summed E-state index contributed by atoms with van der Waals surface area (Å²) in [6.07, 6.45) is -1.87. The molecule has 116 valence electrons. The molecule has 0 amide bonds. The molecule has 1 aliphatic carbocycles. The molecule has 22 heavy (non-hydrogen) atoms. The van der Waals surface area contributed by atoms with Crippen LogP contribution < -0.4 is 5.69 Å². The number of fused-ring (bicyclic) bond motifs is 5. The topological polar surface area (TPSA) is 47.2 Å². The fourth-order valence-corrected chi connectivity index (χ4v) is 3.75. The summed E-state index contributed by atoms with van der Waals surface area (Å²) >= 11 is 0. The number of nitrogens with zero attached hydrogens (tertiary/aromatic N) is 2. The molecule has 4 nitrogen and oxygen atoms in total. The molecule has 1 fully saturated rings. The van der Waals surface area contributed by atoms with Crippen molar-refractivity contribution in [1.82, 2.24) is 9.13 Å². The minimum absolute atomic E-state index is 0.0404. The van der Waals surface area contributed by atoms with Crippen LogP contribution in [0, 0.1) is 0 Å². The Labute approximate surface area is 123 Å². The largest absolute Gasteiger partial charge is 0.493 e. The van der Waals surface area contributed by atoms with Crippen molar-refractivity contribution in [2.75, 3.05) is 0 Å². The van der Waals surface area contributed by atoms with E-state index >= 15 is 0 Å². The third kappa shape index (κ3) is 1.68. The average molecular weight is 310 g/mol. The van der Waals surface area contributed by atoms with Crippen LogP contribution in [0.1, 0.15) is 42.5 Å². The van der Waals surface area contributed by atoms with E-state index in [0.717, 1.165) is 36.0 Å². The van der Waals surface area contributed by atoms with Gasteiger partial charge in [-0.15, -0.1) is 0 Å². The molecule has 0 saturated heterocycles. The first-order chi connectivity index (χ1) is 10.4. The first-order valence-electron chi connectivity index (χ1n) is 7.11. The second kappa shape index (κ2) is 4.18. The quantitative estimate of drug-likeness (QED) is 0.879. The summed E-state index contributed by atoms with van der Waals surface area (Å²) in [6, 6.07) is 4.53. The summed E-state index contributed by atoms with van der Waals surface area (Å²) in [5.74, 6) is -0.0960. The zero-order chi connectivity index (χ0) is 15.6. The maximum Gasteiger partial charge on any atom is 0.416 e. The van der Waals surface area contributed by atoms with Crippen molar-refractivity contribution >= 4 is 0 Å². The number of hydrogen-bond donors (Lipinski definition) is 1. The summed E-state index contributed by atoms with van der Waals surface area (Å²) < 4.78 is 41.0. The molecule has 7 heteroatoms. The van der Waals surface area contributed by atoms with Crippen molar-refractivity contribution in [2.45, 2.75) is 37.4 Å². The van der Waals surface area contributed by atoms with Crippen LogP contribution in [0.5, 0.6) is 5.88 Å². The van der Waals surface area contributed by atoms with Crippen LogP contribution in [0.2, 0.25) is 0 Å². The van der Waals surface area contributed by atoms with Gasteiger partial charge < -0.3 is 5.11 Å². The Morgan fingerprint density at radius 1 is 1.23 bits per heavy atom. The second-order valence-corrected chi connectivity index (χ2v) is 5.91. The van der Waals surface area contributed by atoms with Gasteiger partial charge in [0.05, 0.1) is 16.9 Å². The van der Waals surface area contributed by atoms with Crippen molar-refractivity contribution in [2.24, 2.45) is 0 Å². The minimum Gasteiger partial charge on any atom is -0.493 e. The van der Waals surface area contributed by atoms with Gasteiger partial charge in [0.2, 0.25) is 5.88 Å². The van der Waals surface area contributed by atoms with Crippen LogP contribution in [0.4, 0.5) is 13.2 Å². The molecule has 2 heterocycles. The van der Waals surface area contributed by atoms with Gasteiger partial charge in [-0.3, -0.25) is 4.57 Å². The molecule has 0 unspecified atom stereocenters. The molecule has 1 aromatic heterocycles. The van der Waals surface area contributed by atoms with Gasteiger partial charge in [-0.1, -0.05) is 6.07 Å². The molecular weight excluding hydrogens is 297 g/mol. The predicted molar refractivity (Wildman–Crippen MR) is 72.3 cm³/mol. The van der Waals surface area contributed by atoms with E-state index in [1.54, 1.807) is 4.57 Å². The highest BCUT2D eigenvalue weighted by Crippen LogP contribution is 2.50. The molecule has 1 aliphatic heterocycles. The lowest BCUT2D eigenvalue weighted by Gasteiger charge is -2.11. The van der Waals surface area contributed by atoms with Gasteiger partial charge in [-0.05, 0) is 37.5 Å². The number of benzene rings is 1. The SMILES string of the molecule is O=c1n(-c2cccc(C(F)(F)F)c2)c(O)c2n1[C@@H]1CC[C@H]2C1. The first-order valence-corrected chi connectivity index (χ1v) is 7.11. The molecule has 4 rings (SSSR count). The molecule has 1 aromatic carbocycles. The molecule has 0 spiro atoms. The van der Waals surface area contributed by atoms with Gasteiger partial charge >= 0.3 is 11.9 Å². The second-order valence-electron chi connectivity index (χ2n) is 5.91. The van der Waals surface area contributed by atoms with Crippen LogP contribution in [0.3, 0.4) is 0 Å². The van der Waals surface area contributed by atoms with Crippen LogP contribution in [-0.4, -0.2) is 14.2 Å². The van der Waals surface area contributed by atoms with Crippen LogP contribution in [0.15, 0.2) is 29.1 Å². The number of aromatic nitrogens is 2. The van der Waals surface area contributed by atoms with Crippen molar-refractivity contribution in [1.29, 1.82) is 0 Å². The molecular formula is C15H13F3N2O2. The van der Waals surface area contributed by atoms with E-state index in [-0.39, 0.29) is 23.5 Å². The monoisotopic (exact) mass is 310 g/mol. The van der Waals surface area contributed by atoms with Gasteiger partial charge in [0.1, 0.15) is 0 Å². The fraction of sp³-hybridized carbons (Fsp3) is 0.400. The lowest BCUT2D eigenvalue weighted by molar-refractivity contribution is -0.137. The minimum atomic E-state index is -4.49. The van der Waals surface area contributed by atoms with E-state index in [1.165, 1.54) is 12.1 Å². The number of rotatable bonds is 1. The Kier molecular flexibility index (Phi) is 2.56. The summed E-state index contributed by atoms with van der Waals surface area (Å²) in [6.45, 7) is 0. The van der Waals surface area contributed by atoms with E-state index in [9.17, 15) is 23.1 Å². The van der Waals surface area contributed by atoms with E-state index in [2.05, 4.69) is 0 Å². The standard InChI is InChI=1S/C15H13F3N2O2/c16-15(17,18)9-2-1-3-10(7-9)20-13(21)12-8-4-5-11(6-8)19(12)14(20)22/h1-3,7-8,11,21H,4-6H2/t8-,11+/m0/s1. The Morgan fingerprint density at radius 3 is 2.68 bits per heavy atom. The van der Waals surface area contributed by atoms with E-state index in [4.69, 9.17) is 0 Å². The summed E-state index contributed by atoms with van der Waals surface area (Å²) in [4.78, 5) is 12.5.